The van der Waals surface area contributed by atoms with E-state index in [1.807, 2.05) is 18.2 Å². The molecule has 0 unspecified atom stereocenters. The number of ether oxygens (including phenoxy) is 1. The molecule has 1 N–H and O–H groups in total. The maximum atomic E-state index is 8.48. The van der Waals surface area contributed by atoms with E-state index in [0.717, 1.165) is 16.7 Å². The van der Waals surface area contributed by atoms with Crippen molar-refractivity contribution in [2.24, 2.45) is 5.16 Å². The Balaban J connectivity index is 2.65. The van der Waals surface area contributed by atoms with Gasteiger partial charge in [-0.2, -0.15) is 0 Å². The van der Waals surface area contributed by atoms with E-state index in [-0.39, 0.29) is 0 Å². The highest BCUT2D eigenvalue weighted by molar-refractivity contribution is 6.32. The maximum Gasteiger partial charge on any atom is 0.138 e. The molecule has 0 amide bonds. The monoisotopic (exact) mass is 236 g/mol. The summed E-state index contributed by atoms with van der Waals surface area (Å²) >= 11 is 5.91. The van der Waals surface area contributed by atoms with Crippen LogP contribution in [0.1, 0.15) is 5.56 Å². The summed E-state index contributed by atoms with van der Waals surface area (Å²) in [6, 6.07) is 7.26. The zero-order valence-corrected chi connectivity index (χ0v) is 9.27. The molecular formula is C11H9ClN2O2. The average molecular weight is 237 g/mol. The van der Waals surface area contributed by atoms with Gasteiger partial charge < -0.3 is 9.94 Å². The molecule has 0 fully saturated rings. The van der Waals surface area contributed by atoms with Gasteiger partial charge in [0.2, 0.25) is 0 Å². The Morgan fingerprint density at radius 3 is 2.94 bits per heavy atom. The lowest BCUT2D eigenvalue weighted by Crippen LogP contribution is -1.90. The Kier molecular flexibility index (Phi) is 2.92. The van der Waals surface area contributed by atoms with Crippen molar-refractivity contribution in [2.45, 2.75) is 0 Å². The van der Waals surface area contributed by atoms with Crippen LogP contribution in [0.15, 0.2) is 29.4 Å². The number of nitrogens with zero attached hydrogens (tertiary/aromatic N) is 2. The minimum Gasteiger partial charge on any atom is -0.497 e. The summed E-state index contributed by atoms with van der Waals surface area (Å²) < 4.78 is 5.11. The van der Waals surface area contributed by atoms with Crippen molar-refractivity contribution in [3.63, 3.8) is 0 Å². The van der Waals surface area contributed by atoms with Crippen molar-refractivity contribution in [1.29, 1.82) is 0 Å². The number of hydrogen-bond donors (Lipinski definition) is 1. The third-order valence-corrected chi connectivity index (χ3v) is 2.50. The number of hydrogen-bond acceptors (Lipinski definition) is 4. The van der Waals surface area contributed by atoms with Crippen LogP contribution < -0.4 is 4.74 Å². The van der Waals surface area contributed by atoms with Crippen molar-refractivity contribution in [1.82, 2.24) is 4.98 Å². The van der Waals surface area contributed by atoms with Gasteiger partial charge in [-0.1, -0.05) is 16.8 Å². The van der Waals surface area contributed by atoms with Gasteiger partial charge in [0.1, 0.15) is 10.9 Å². The summed E-state index contributed by atoms with van der Waals surface area (Å²) in [5, 5.41) is 12.6. The SMILES string of the molecule is COc1ccc2nc(Cl)c(C=NO)cc2c1. The molecular weight excluding hydrogens is 228 g/mol. The van der Waals surface area contributed by atoms with Crippen molar-refractivity contribution in [2.75, 3.05) is 7.11 Å². The topological polar surface area (TPSA) is 54.7 Å². The van der Waals surface area contributed by atoms with Gasteiger partial charge in [-0.05, 0) is 24.3 Å². The predicted molar refractivity (Wildman–Crippen MR) is 62.7 cm³/mol. The Morgan fingerprint density at radius 2 is 2.25 bits per heavy atom. The van der Waals surface area contributed by atoms with Gasteiger partial charge in [-0.25, -0.2) is 4.98 Å². The second kappa shape index (κ2) is 4.37. The highest BCUT2D eigenvalue weighted by Gasteiger charge is 2.04. The van der Waals surface area contributed by atoms with Gasteiger partial charge in [0.15, 0.2) is 0 Å². The Bertz CT molecular complexity index is 555. The number of fused-ring (bicyclic) bond motifs is 1. The molecule has 2 rings (SSSR count). The first-order valence-corrected chi connectivity index (χ1v) is 4.94. The second-order valence-corrected chi connectivity index (χ2v) is 3.53. The summed E-state index contributed by atoms with van der Waals surface area (Å²) in [5.41, 5.74) is 1.32. The zero-order valence-electron chi connectivity index (χ0n) is 8.51. The van der Waals surface area contributed by atoms with Crippen LogP contribution >= 0.6 is 11.6 Å². The number of halogens is 1. The first-order valence-electron chi connectivity index (χ1n) is 4.56. The van der Waals surface area contributed by atoms with Crippen molar-refractivity contribution in [3.05, 3.63) is 35.0 Å². The van der Waals surface area contributed by atoms with E-state index in [1.54, 1.807) is 13.2 Å². The molecule has 0 bridgehead atoms. The smallest absolute Gasteiger partial charge is 0.138 e. The lowest BCUT2D eigenvalue weighted by molar-refractivity contribution is 0.322. The summed E-state index contributed by atoms with van der Waals surface area (Å²) in [5.74, 6) is 0.739. The molecule has 0 atom stereocenters. The Morgan fingerprint density at radius 1 is 1.44 bits per heavy atom. The van der Waals surface area contributed by atoms with Crippen molar-refractivity contribution >= 4 is 28.7 Å². The zero-order chi connectivity index (χ0) is 11.5. The number of methoxy groups -OCH3 is 1. The first-order chi connectivity index (χ1) is 7.74. The number of benzene rings is 1. The van der Waals surface area contributed by atoms with Crippen LogP contribution in [0.4, 0.5) is 0 Å². The third kappa shape index (κ3) is 1.92. The van der Waals surface area contributed by atoms with E-state index < -0.39 is 0 Å². The molecule has 4 nitrogen and oxygen atoms in total. The predicted octanol–water partition coefficient (Wildman–Crippen LogP) is 2.70. The van der Waals surface area contributed by atoms with Crippen molar-refractivity contribution < 1.29 is 9.94 Å². The standard InChI is InChI=1S/C11H9ClN2O2/c1-16-9-2-3-10-7(5-9)4-8(6-13-15)11(12)14-10/h2-6,15H,1H3. The summed E-state index contributed by atoms with van der Waals surface area (Å²) in [7, 11) is 1.60. The van der Waals surface area contributed by atoms with Gasteiger partial charge in [0.05, 0.1) is 18.8 Å². The van der Waals surface area contributed by atoms with E-state index in [4.69, 9.17) is 21.5 Å². The van der Waals surface area contributed by atoms with Crippen LogP contribution in [0.2, 0.25) is 5.15 Å². The number of oxime groups is 1. The molecule has 16 heavy (non-hydrogen) atoms. The fourth-order valence-electron chi connectivity index (χ4n) is 1.43. The Hall–Kier alpha value is -1.81. The minimum absolute atomic E-state index is 0.301. The minimum atomic E-state index is 0.301. The molecule has 82 valence electrons. The number of rotatable bonds is 2. The van der Waals surface area contributed by atoms with Crippen LogP contribution in [0, 0.1) is 0 Å². The van der Waals surface area contributed by atoms with E-state index in [0.29, 0.717) is 10.7 Å². The van der Waals surface area contributed by atoms with Crippen LogP contribution in [0.5, 0.6) is 5.75 Å². The Labute approximate surface area is 97.1 Å². The molecule has 1 heterocycles. The normalized spacial score (nSPS) is 11.1. The van der Waals surface area contributed by atoms with Crippen LogP contribution in [-0.4, -0.2) is 23.5 Å². The first kappa shape index (κ1) is 10.7. The van der Waals surface area contributed by atoms with E-state index >= 15 is 0 Å². The maximum absolute atomic E-state index is 8.48. The molecule has 2 aromatic rings. The van der Waals surface area contributed by atoms with E-state index in [1.165, 1.54) is 6.21 Å². The molecule has 1 aromatic heterocycles. The van der Waals surface area contributed by atoms with E-state index in [2.05, 4.69) is 10.1 Å². The van der Waals surface area contributed by atoms with Crippen LogP contribution in [-0.2, 0) is 0 Å². The molecule has 0 aliphatic carbocycles. The van der Waals surface area contributed by atoms with Crippen LogP contribution in [0.3, 0.4) is 0 Å². The quantitative estimate of drug-likeness (QED) is 0.378. The highest BCUT2D eigenvalue weighted by atomic mass is 35.5. The molecule has 0 saturated heterocycles. The summed E-state index contributed by atoms with van der Waals surface area (Å²) in [6.45, 7) is 0. The summed E-state index contributed by atoms with van der Waals surface area (Å²) in [6.07, 6.45) is 1.24. The van der Waals surface area contributed by atoms with Gasteiger partial charge >= 0.3 is 0 Å². The molecule has 0 aliphatic rings. The fourth-order valence-corrected chi connectivity index (χ4v) is 1.62. The van der Waals surface area contributed by atoms with E-state index in [9.17, 15) is 0 Å². The number of pyridine rings is 1. The molecule has 0 aliphatic heterocycles. The molecule has 1 aromatic carbocycles. The largest absolute Gasteiger partial charge is 0.497 e. The molecule has 0 radical (unpaired) electrons. The second-order valence-electron chi connectivity index (χ2n) is 3.17. The highest BCUT2D eigenvalue weighted by Crippen LogP contribution is 2.23. The molecule has 5 heteroatoms. The molecule has 0 saturated carbocycles. The van der Waals surface area contributed by atoms with Gasteiger partial charge in [0, 0.05) is 10.9 Å². The lowest BCUT2D eigenvalue weighted by Gasteiger charge is -2.04. The average Bonchev–Trinajstić information content (AvgIpc) is 2.30. The fraction of sp³-hybridized carbons (Fsp3) is 0.0909. The van der Waals surface area contributed by atoms with Gasteiger partial charge in [-0.15, -0.1) is 0 Å². The lowest BCUT2D eigenvalue weighted by atomic mass is 10.1. The molecule has 0 spiro atoms. The van der Waals surface area contributed by atoms with Crippen molar-refractivity contribution in [3.8, 4) is 5.75 Å². The summed E-state index contributed by atoms with van der Waals surface area (Å²) in [4.78, 5) is 4.18. The van der Waals surface area contributed by atoms with Gasteiger partial charge in [-0.3, -0.25) is 0 Å². The van der Waals surface area contributed by atoms with Crippen LogP contribution in [0.25, 0.3) is 10.9 Å². The third-order valence-electron chi connectivity index (χ3n) is 2.20. The van der Waals surface area contributed by atoms with Gasteiger partial charge in [0.25, 0.3) is 0 Å². The number of aromatic nitrogens is 1.